The molecule has 0 bridgehead atoms. The molecule has 2 amide bonds. The molecule has 0 saturated carbocycles. The van der Waals surface area contributed by atoms with Crippen LogP contribution in [0.2, 0.25) is 0 Å². The quantitative estimate of drug-likeness (QED) is 0.748. The second kappa shape index (κ2) is 5.71. The van der Waals surface area contributed by atoms with Gasteiger partial charge in [0.15, 0.2) is 0 Å². The minimum Gasteiger partial charge on any atom is -0.370 e. The molecule has 2 spiro atoms. The number of benzene rings is 1. The van der Waals surface area contributed by atoms with E-state index in [0.29, 0.717) is 25.3 Å². The zero-order valence-corrected chi connectivity index (χ0v) is 15.7. The molecular weight excluding hydrogens is 330 g/mol. The van der Waals surface area contributed by atoms with Gasteiger partial charge in [0.1, 0.15) is 5.66 Å². The van der Waals surface area contributed by atoms with E-state index in [1.54, 1.807) is 0 Å². The van der Waals surface area contributed by atoms with Crippen molar-refractivity contribution in [1.82, 2.24) is 10.2 Å². The summed E-state index contributed by atoms with van der Waals surface area (Å²) in [4.78, 5) is 27.0. The lowest BCUT2D eigenvalue weighted by atomic mass is 9.83. The lowest BCUT2D eigenvalue weighted by Gasteiger charge is -2.42. The van der Waals surface area contributed by atoms with Gasteiger partial charge in [-0.15, -0.1) is 0 Å². The largest absolute Gasteiger partial charge is 0.370 e. The fraction of sp³-hybridized carbons (Fsp3) is 0.600. The van der Waals surface area contributed by atoms with Gasteiger partial charge in [0, 0.05) is 30.6 Å². The molecule has 0 aromatic heterocycles. The molecule has 6 heteroatoms. The predicted octanol–water partition coefficient (Wildman–Crippen LogP) is 2.37. The zero-order chi connectivity index (χ0) is 18.6. The van der Waals surface area contributed by atoms with Crippen LogP contribution in [-0.4, -0.2) is 47.7 Å². The van der Waals surface area contributed by atoms with Gasteiger partial charge in [0.25, 0.3) is 5.91 Å². The van der Waals surface area contributed by atoms with E-state index in [2.05, 4.69) is 10.6 Å². The maximum absolute atomic E-state index is 12.5. The monoisotopic (exact) mass is 357 g/mol. The highest BCUT2D eigenvalue weighted by Crippen LogP contribution is 2.43. The smallest absolute Gasteiger partial charge is 0.255 e. The van der Waals surface area contributed by atoms with Crippen LogP contribution in [0.5, 0.6) is 0 Å². The summed E-state index contributed by atoms with van der Waals surface area (Å²) in [6.45, 7) is 7.73. The summed E-state index contributed by atoms with van der Waals surface area (Å²) in [7, 11) is 0. The van der Waals surface area contributed by atoms with Crippen LogP contribution in [0.4, 0.5) is 5.69 Å². The van der Waals surface area contributed by atoms with Crippen molar-refractivity contribution in [3.63, 3.8) is 0 Å². The number of anilines is 1. The Hall–Kier alpha value is -2.08. The first kappa shape index (κ1) is 17.3. The maximum atomic E-state index is 12.5. The second-order valence-electron chi connectivity index (χ2n) is 8.90. The minimum absolute atomic E-state index is 0.0552. The number of likely N-dealkylation sites (tertiary alicyclic amines) is 1. The standard InChI is InChI=1S/C20H27N3O3/c1-18(2,3)17(25)23-10-8-19(9-11-23)12-20(13-26-19)21-15-7-5-4-6-14(15)16(24)22-20/h4-7,21H,8-13H2,1-3H3,(H,22,24)/t20-/m1/s1. The van der Waals surface area contributed by atoms with E-state index in [4.69, 9.17) is 4.74 Å². The Kier molecular flexibility index (Phi) is 3.81. The molecule has 2 fully saturated rings. The van der Waals surface area contributed by atoms with Crippen molar-refractivity contribution in [2.75, 3.05) is 25.0 Å². The fourth-order valence-corrected chi connectivity index (χ4v) is 4.37. The van der Waals surface area contributed by atoms with Gasteiger partial charge in [0.2, 0.25) is 5.91 Å². The van der Waals surface area contributed by atoms with E-state index in [-0.39, 0.29) is 22.8 Å². The van der Waals surface area contributed by atoms with Gasteiger partial charge >= 0.3 is 0 Å². The van der Waals surface area contributed by atoms with Crippen molar-refractivity contribution in [3.05, 3.63) is 29.8 Å². The number of ether oxygens (including phenoxy) is 1. The highest BCUT2D eigenvalue weighted by molar-refractivity contribution is 6.02. The Bertz CT molecular complexity index is 747. The third-order valence-electron chi connectivity index (χ3n) is 5.75. The van der Waals surface area contributed by atoms with Crippen LogP contribution in [0, 0.1) is 5.41 Å². The summed E-state index contributed by atoms with van der Waals surface area (Å²) < 4.78 is 6.24. The van der Waals surface area contributed by atoms with E-state index in [1.807, 2.05) is 49.9 Å². The summed E-state index contributed by atoms with van der Waals surface area (Å²) >= 11 is 0. The Balaban J connectivity index is 1.47. The summed E-state index contributed by atoms with van der Waals surface area (Å²) in [5.41, 5.74) is 0.343. The van der Waals surface area contributed by atoms with Gasteiger partial charge in [-0.25, -0.2) is 0 Å². The normalized spacial score (nSPS) is 27.2. The number of nitrogens with zero attached hydrogens (tertiary/aromatic N) is 1. The van der Waals surface area contributed by atoms with Crippen LogP contribution in [0.3, 0.4) is 0 Å². The Labute approximate surface area is 154 Å². The number of carbonyl (C=O) groups is 2. The van der Waals surface area contributed by atoms with Crippen molar-refractivity contribution in [1.29, 1.82) is 0 Å². The number of nitrogens with one attached hydrogen (secondary N) is 2. The van der Waals surface area contributed by atoms with Gasteiger partial charge in [-0.1, -0.05) is 32.9 Å². The number of piperidine rings is 1. The number of hydrogen-bond acceptors (Lipinski definition) is 4. The molecule has 3 aliphatic rings. The average molecular weight is 357 g/mol. The van der Waals surface area contributed by atoms with Crippen molar-refractivity contribution >= 4 is 17.5 Å². The Morgan fingerprint density at radius 3 is 2.54 bits per heavy atom. The highest BCUT2D eigenvalue weighted by Gasteiger charge is 2.53. The molecule has 0 radical (unpaired) electrons. The number of carbonyl (C=O) groups excluding carboxylic acids is 2. The van der Waals surface area contributed by atoms with Gasteiger partial charge < -0.3 is 20.3 Å². The van der Waals surface area contributed by atoms with E-state index in [1.165, 1.54) is 0 Å². The molecule has 2 N–H and O–H groups in total. The molecule has 3 heterocycles. The Morgan fingerprint density at radius 2 is 1.85 bits per heavy atom. The van der Waals surface area contributed by atoms with Gasteiger partial charge in [0.05, 0.1) is 17.8 Å². The molecule has 6 nitrogen and oxygen atoms in total. The fourth-order valence-electron chi connectivity index (χ4n) is 4.37. The maximum Gasteiger partial charge on any atom is 0.255 e. The van der Waals surface area contributed by atoms with Crippen molar-refractivity contribution in [3.8, 4) is 0 Å². The third-order valence-corrected chi connectivity index (χ3v) is 5.75. The average Bonchev–Trinajstić information content (AvgIpc) is 2.91. The molecule has 1 atom stereocenters. The second-order valence-corrected chi connectivity index (χ2v) is 8.90. The number of fused-ring (bicyclic) bond motifs is 1. The van der Waals surface area contributed by atoms with E-state index >= 15 is 0 Å². The van der Waals surface area contributed by atoms with Crippen LogP contribution in [0.15, 0.2) is 24.3 Å². The number of amides is 2. The molecule has 4 rings (SSSR count). The molecule has 3 aliphatic heterocycles. The Morgan fingerprint density at radius 1 is 1.15 bits per heavy atom. The van der Waals surface area contributed by atoms with Crippen molar-refractivity contribution in [2.45, 2.75) is 51.3 Å². The third kappa shape index (κ3) is 2.86. The van der Waals surface area contributed by atoms with Crippen molar-refractivity contribution in [2.24, 2.45) is 5.41 Å². The molecule has 140 valence electrons. The molecule has 26 heavy (non-hydrogen) atoms. The van der Waals surface area contributed by atoms with Crippen LogP contribution >= 0.6 is 0 Å². The lowest BCUT2D eigenvalue weighted by Crippen LogP contribution is -2.59. The van der Waals surface area contributed by atoms with E-state index in [9.17, 15) is 9.59 Å². The van der Waals surface area contributed by atoms with Gasteiger partial charge in [-0.05, 0) is 25.0 Å². The van der Waals surface area contributed by atoms with Gasteiger partial charge in [-0.2, -0.15) is 0 Å². The first-order valence-corrected chi connectivity index (χ1v) is 9.35. The minimum atomic E-state index is -0.554. The molecular formula is C20H27N3O3. The lowest BCUT2D eigenvalue weighted by molar-refractivity contribution is -0.144. The highest BCUT2D eigenvalue weighted by atomic mass is 16.5. The SMILES string of the molecule is CC(C)(C)C(=O)N1CCC2(CC1)C[C@]1(CO2)NC(=O)c2ccccc2N1. The molecule has 0 aliphatic carbocycles. The zero-order valence-electron chi connectivity index (χ0n) is 15.7. The van der Waals surface area contributed by atoms with Crippen LogP contribution in [0.25, 0.3) is 0 Å². The van der Waals surface area contributed by atoms with Crippen molar-refractivity contribution < 1.29 is 14.3 Å². The van der Waals surface area contributed by atoms with Crippen LogP contribution < -0.4 is 10.6 Å². The molecule has 1 aromatic rings. The van der Waals surface area contributed by atoms with E-state index < -0.39 is 5.66 Å². The topological polar surface area (TPSA) is 70.7 Å². The molecule has 2 saturated heterocycles. The number of rotatable bonds is 0. The summed E-state index contributed by atoms with van der Waals surface area (Å²) in [5, 5.41) is 6.62. The molecule has 0 unspecified atom stereocenters. The first-order valence-electron chi connectivity index (χ1n) is 9.35. The first-order chi connectivity index (χ1) is 12.2. The van der Waals surface area contributed by atoms with Crippen LogP contribution in [-0.2, 0) is 9.53 Å². The van der Waals surface area contributed by atoms with Crippen LogP contribution in [0.1, 0.15) is 50.4 Å². The van der Waals surface area contributed by atoms with Gasteiger partial charge in [-0.3, -0.25) is 9.59 Å². The summed E-state index contributed by atoms with van der Waals surface area (Å²) in [6, 6.07) is 7.56. The molecule has 1 aromatic carbocycles. The predicted molar refractivity (Wildman–Crippen MR) is 98.8 cm³/mol. The summed E-state index contributed by atoms with van der Waals surface area (Å²) in [5.74, 6) is 0.137. The summed E-state index contributed by atoms with van der Waals surface area (Å²) in [6.07, 6.45) is 2.32. The number of para-hydroxylation sites is 1. The number of hydrogen-bond donors (Lipinski definition) is 2. The van der Waals surface area contributed by atoms with E-state index in [0.717, 1.165) is 24.9 Å².